The molecule has 0 atom stereocenters. The SMILES string of the molecule is CCCOc1ccc(C(=O)NCCN2CCc3sccc3C2)cc1OCCC. The van der Waals surface area contributed by atoms with E-state index in [9.17, 15) is 4.79 Å². The monoisotopic (exact) mass is 402 g/mol. The number of hydrogen-bond donors (Lipinski definition) is 1. The fourth-order valence-corrected chi connectivity index (χ4v) is 4.12. The number of nitrogens with zero attached hydrogens (tertiary/aromatic N) is 1. The quantitative estimate of drug-likeness (QED) is 0.650. The Labute approximate surface area is 171 Å². The molecule has 0 radical (unpaired) electrons. The van der Waals surface area contributed by atoms with E-state index in [0.717, 1.165) is 38.9 Å². The van der Waals surface area contributed by atoms with E-state index in [4.69, 9.17) is 9.47 Å². The van der Waals surface area contributed by atoms with Gasteiger partial charge in [-0.05, 0) is 54.5 Å². The Morgan fingerprint density at radius 1 is 1.14 bits per heavy atom. The Kier molecular flexibility index (Phi) is 7.74. The molecule has 1 amide bonds. The molecule has 6 heteroatoms. The van der Waals surface area contributed by atoms with Crippen LogP contribution in [0.1, 0.15) is 47.5 Å². The molecule has 152 valence electrons. The predicted octanol–water partition coefficient (Wildman–Crippen LogP) is 4.11. The topological polar surface area (TPSA) is 50.8 Å². The molecule has 0 spiro atoms. The molecule has 28 heavy (non-hydrogen) atoms. The van der Waals surface area contributed by atoms with Gasteiger partial charge in [0.25, 0.3) is 5.91 Å². The molecule has 0 fully saturated rings. The van der Waals surface area contributed by atoms with Gasteiger partial charge in [0, 0.05) is 36.6 Å². The minimum absolute atomic E-state index is 0.0726. The highest BCUT2D eigenvalue weighted by atomic mass is 32.1. The Bertz CT molecular complexity index is 775. The number of amides is 1. The van der Waals surface area contributed by atoms with Crippen molar-refractivity contribution in [2.24, 2.45) is 0 Å². The van der Waals surface area contributed by atoms with Gasteiger partial charge < -0.3 is 14.8 Å². The van der Waals surface area contributed by atoms with Crippen LogP contribution in [0, 0.1) is 0 Å². The number of thiophene rings is 1. The average molecular weight is 403 g/mol. The first-order valence-electron chi connectivity index (χ1n) is 10.2. The molecule has 2 heterocycles. The summed E-state index contributed by atoms with van der Waals surface area (Å²) in [5.74, 6) is 1.27. The van der Waals surface area contributed by atoms with Gasteiger partial charge in [0.2, 0.25) is 0 Å². The lowest BCUT2D eigenvalue weighted by atomic mass is 10.1. The standard InChI is InChI=1S/C22H30N2O3S/c1-3-12-26-19-6-5-17(15-20(19)27-13-4-2)22(25)23-9-11-24-10-7-21-18(16-24)8-14-28-21/h5-6,8,14-15H,3-4,7,9-13,16H2,1-2H3,(H,23,25). The lowest BCUT2D eigenvalue weighted by Gasteiger charge is -2.26. The zero-order valence-electron chi connectivity index (χ0n) is 16.8. The van der Waals surface area contributed by atoms with Crippen molar-refractivity contribution in [3.05, 3.63) is 45.6 Å². The van der Waals surface area contributed by atoms with Gasteiger partial charge in [-0.15, -0.1) is 11.3 Å². The van der Waals surface area contributed by atoms with Crippen LogP contribution in [0.25, 0.3) is 0 Å². The number of hydrogen-bond acceptors (Lipinski definition) is 5. The second kappa shape index (κ2) is 10.5. The first-order valence-corrected chi connectivity index (χ1v) is 11.0. The van der Waals surface area contributed by atoms with E-state index in [2.05, 4.69) is 35.5 Å². The van der Waals surface area contributed by atoms with Crippen molar-refractivity contribution in [2.75, 3.05) is 32.8 Å². The summed E-state index contributed by atoms with van der Waals surface area (Å²) in [7, 11) is 0. The van der Waals surface area contributed by atoms with Crippen LogP contribution < -0.4 is 14.8 Å². The van der Waals surface area contributed by atoms with Gasteiger partial charge in [-0.25, -0.2) is 0 Å². The molecule has 5 nitrogen and oxygen atoms in total. The highest BCUT2D eigenvalue weighted by Gasteiger charge is 2.17. The molecule has 0 saturated heterocycles. The molecule has 2 aromatic rings. The molecule has 0 unspecified atom stereocenters. The molecule has 1 aliphatic heterocycles. The van der Waals surface area contributed by atoms with Gasteiger partial charge in [-0.2, -0.15) is 0 Å². The van der Waals surface area contributed by atoms with E-state index in [1.807, 2.05) is 17.4 Å². The summed E-state index contributed by atoms with van der Waals surface area (Å²) in [5.41, 5.74) is 2.04. The Balaban J connectivity index is 1.53. The second-order valence-corrected chi connectivity index (χ2v) is 8.01. The van der Waals surface area contributed by atoms with Gasteiger partial charge >= 0.3 is 0 Å². The molecular weight excluding hydrogens is 372 g/mol. The maximum absolute atomic E-state index is 12.6. The predicted molar refractivity (Wildman–Crippen MR) is 114 cm³/mol. The normalized spacial score (nSPS) is 13.8. The maximum atomic E-state index is 12.6. The van der Waals surface area contributed by atoms with Crippen molar-refractivity contribution in [1.82, 2.24) is 10.2 Å². The van der Waals surface area contributed by atoms with Gasteiger partial charge in [0.15, 0.2) is 11.5 Å². The third-order valence-electron chi connectivity index (χ3n) is 4.73. The summed E-state index contributed by atoms with van der Waals surface area (Å²) in [4.78, 5) is 16.5. The molecule has 1 aliphatic rings. The molecule has 0 aliphatic carbocycles. The first kappa shape index (κ1) is 20.7. The molecule has 0 saturated carbocycles. The van der Waals surface area contributed by atoms with Gasteiger partial charge in [-0.1, -0.05) is 13.8 Å². The number of fused-ring (bicyclic) bond motifs is 1. The zero-order chi connectivity index (χ0) is 19.8. The van der Waals surface area contributed by atoms with Crippen molar-refractivity contribution in [3.63, 3.8) is 0 Å². The van der Waals surface area contributed by atoms with Crippen LogP contribution in [-0.2, 0) is 13.0 Å². The minimum atomic E-state index is -0.0726. The van der Waals surface area contributed by atoms with Gasteiger partial charge in [0.1, 0.15) is 0 Å². The molecule has 1 aromatic carbocycles. The van der Waals surface area contributed by atoms with Crippen LogP contribution in [0.3, 0.4) is 0 Å². The second-order valence-electron chi connectivity index (χ2n) is 7.01. The number of carbonyl (C=O) groups excluding carboxylic acids is 1. The number of carbonyl (C=O) groups is 1. The summed E-state index contributed by atoms with van der Waals surface area (Å²) >= 11 is 1.85. The number of ether oxygens (including phenoxy) is 2. The Morgan fingerprint density at radius 2 is 1.93 bits per heavy atom. The maximum Gasteiger partial charge on any atom is 0.251 e. The summed E-state index contributed by atoms with van der Waals surface area (Å²) in [5, 5.41) is 5.20. The molecule has 1 aromatic heterocycles. The van der Waals surface area contributed by atoms with E-state index in [1.165, 1.54) is 10.4 Å². The summed E-state index contributed by atoms with van der Waals surface area (Å²) in [6, 6.07) is 7.63. The van der Waals surface area contributed by atoms with Crippen LogP contribution in [0.2, 0.25) is 0 Å². The Morgan fingerprint density at radius 3 is 2.71 bits per heavy atom. The highest BCUT2D eigenvalue weighted by molar-refractivity contribution is 7.10. The minimum Gasteiger partial charge on any atom is -0.490 e. The first-order chi connectivity index (χ1) is 13.7. The Hall–Kier alpha value is -2.05. The van der Waals surface area contributed by atoms with Crippen molar-refractivity contribution in [1.29, 1.82) is 0 Å². The summed E-state index contributed by atoms with van der Waals surface area (Å²) in [6.07, 6.45) is 2.95. The van der Waals surface area contributed by atoms with Gasteiger partial charge in [0.05, 0.1) is 13.2 Å². The largest absolute Gasteiger partial charge is 0.490 e. The summed E-state index contributed by atoms with van der Waals surface area (Å²) in [6.45, 7) is 8.89. The van der Waals surface area contributed by atoms with Crippen LogP contribution >= 0.6 is 11.3 Å². The molecule has 0 bridgehead atoms. The average Bonchev–Trinajstić information content (AvgIpc) is 3.18. The van der Waals surface area contributed by atoms with E-state index >= 15 is 0 Å². The zero-order valence-corrected chi connectivity index (χ0v) is 17.6. The fourth-order valence-electron chi connectivity index (χ4n) is 3.23. The van der Waals surface area contributed by atoms with E-state index in [-0.39, 0.29) is 5.91 Å². The van der Waals surface area contributed by atoms with Crippen LogP contribution in [0.4, 0.5) is 0 Å². The smallest absolute Gasteiger partial charge is 0.251 e. The summed E-state index contributed by atoms with van der Waals surface area (Å²) < 4.78 is 11.5. The lowest BCUT2D eigenvalue weighted by molar-refractivity contribution is 0.0946. The third kappa shape index (κ3) is 5.49. The van der Waals surface area contributed by atoms with E-state index in [1.54, 1.807) is 12.1 Å². The van der Waals surface area contributed by atoms with Gasteiger partial charge in [-0.3, -0.25) is 9.69 Å². The molecular formula is C22H30N2O3S. The van der Waals surface area contributed by atoms with Crippen molar-refractivity contribution >= 4 is 17.2 Å². The third-order valence-corrected chi connectivity index (χ3v) is 5.75. The number of nitrogens with one attached hydrogen (secondary N) is 1. The van der Waals surface area contributed by atoms with Crippen LogP contribution in [0.15, 0.2) is 29.6 Å². The van der Waals surface area contributed by atoms with E-state index in [0.29, 0.717) is 36.8 Å². The highest BCUT2D eigenvalue weighted by Crippen LogP contribution is 2.29. The van der Waals surface area contributed by atoms with Crippen molar-refractivity contribution < 1.29 is 14.3 Å². The number of benzene rings is 1. The lowest BCUT2D eigenvalue weighted by Crippen LogP contribution is -2.37. The van der Waals surface area contributed by atoms with Crippen LogP contribution in [0.5, 0.6) is 11.5 Å². The van der Waals surface area contributed by atoms with Crippen LogP contribution in [-0.4, -0.2) is 43.7 Å². The fraction of sp³-hybridized carbons (Fsp3) is 0.500. The van der Waals surface area contributed by atoms with Crippen molar-refractivity contribution in [3.8, 4) is 11.5 Å². The van der Waals surface area contributed by atoms with Crippen molar-refractivity contribution in [2.45, 2.75) is 39.7 Å². The van der Waals surface area contributed by atoms with E-state index < -0.39 is 0 Å². The molecule has 3 rings (SSSR count). The molecule has 1 N–H and O–H groups in total. The number of rotatable bonds is 10.